The van der Waals surface area contributed by atoms with Crippen LogP contribution in [0.5, 0.6) is 0 Å². The summed E-state index contributed by atoms with van der Waals surface area (Å²) in [5.74, 6) is 0.939. The van der Waals surface area contributed by atoms with Gasteiger partial charge in [0, 0.05) is 57.1 Å². The molecule has 1 aliphatic heterocycles. The Bertz CT molecular complexity index is 1530. The molecule has 6 rings (SSSR count). The van der Waals surface area contributed by atoms with Crippen LogP contribution >= 0.6 is 0 Å². The van der Waals surface area contributed by atoms with Crippen molar-refractivity contribution in [3.05, 3.63) is 108 Å². The van der Waals surface area contributed by atoms with Gasteiger partial charge < -0.3 is 4.90 Å². The number of Topliss-reactive ketones (excluding diaryl/α,β-unsaturated/α-hetero) is 1. The number of rotatable bonds is 7. The molecule has 5 aromatic rings. The first kappa shape index (κ1) is 23.8. The SMILES string of the molecule is O=C(Cc1ccc(-c2ccc3ncc(N4CCN(Cc5cccnc5)CC4)nc3c2)cc1)c1ccnnc1. The molecule has 0 saturated carbocycles. The third kappa shape index (κ3) is 5.40. The van der Waals surface area contributed by atoms with Gasteiger partial charge in [0.2, 0.25) is 0 Å². The van der Waals surface area contributed by atoms with Crippen LogP contribution in [-0.2, 0) is 13.0 Å². The highest BCUT2D eigenvalue weighted by atomic mass is 16.1. The molecule has 38 heavy (non-hydrogen) atoms. The first-order valence-electron chi connectivity index (χ1n) is 12.7. The third-order valence-electron chi connectivity index (χ3n) is 6.91. The van der Waals surface area contributed by atoms with Gasteiger partial charge >= 0.3 is 0 Å². The van der Waals surface area contributed by atoms with Gasteiger partial charge in [-0.2, -0.15) is 10.2 Å². The van der Waals surface area contributed by atoms with Gasteiger partial charge in [-0.05, 0) is 46.5 Å². The average molecular weight is 502 g/mol. The molecule has 0 N–H and O–H groups in total. The molecule has 1 saturated heterocycles. The third-order valence-corrected chi connectivity index (χ3v) is 6.91. The van der Waals surface area contributed by atoms with E-state index < -0.39 is 0 Å². The summed E-state index contributed by atoms with van der Waals surface area (Å²) >= 11 is 0. The Morgan fingerprint density at radius 2 is 1.61 bits per heavy atom. The number of aromatic nitrogens is 5. The lowest BCUT2D eigenvalue weighted by atomic mass is 10.00. The van der Waals surface area contributed by atoms with E-state index in [4.69, 9.17) is 4.98 Å². The van der Waals surface area contributed by atoms with Gasteiger partial charge in [-0.15, -0.1) is 0 Å². The van der Waals surface area contributed by atoms with Gasteiger partial charge in [-0.1, -0.05) is 36.4 Å². The lowest BCUT2D eigenvalue weighted by molar-refractivity contribution is 0.0992. The maximum atomic E-state index is 12.5. The lowest BCUT2D eigenvalue weighted by Crippen LogP contribution is -2.46. The standard InChI is InChI=1S/C30H27N7O/c38-29(26-9-11-33-34-19-26)16-22-3-5-24(6-4-22)25-7-8-27-28(17-25)35-30(20-32-27)37-14-12-36(13-15-37)21-23-2-1-10-31-18-23/h1-11,17-20H,12-16,21H2. The van der Waals surface area contributed by atoms with E-state index in [1.165, 1.54) is 18.0 Å². The molecule has 0 spiro atoms. The predicted octanol–water partition coefficient (Wildman–Crippen LogP) is 4.23. The average Bonchev–Trinajstić information content (AvgIpc) is 2.98. The summed E-state index contributed by atoms with van der Waals surface area (Å²) in [6.07, 6.45) is 8.99. The summed E-state index contributed by atoms with van der Waals surface area (Å²) in [4.78, 5) is 31.1. The molecule has 0 aliphatic carbocycles. The van der Waals surface area contributed by atoms with Crippen molar-refractivity contribution in [3.8, 4) is 11.1 Å². The molecule has 0 atom stereocenters. The molecule has 2 aromatic carbocycles. The topological polar surface area (TPSA) is 88.0 Å². The second-order valence-corrected chi connectivity index (χ2v) is 9.48. The molecule has 0 amide bonds. The fourth-order valence-electron chi connectivity index (χ4n) is 4.78. The van der Waals surface area contributed by atoms with E-state index in [1.54, 1.807) is 6.07 Å². The van der Waals surface area contributed by atoms with Crippen LogP contribution in [0.2, 0.25) is 0 Å². The number of piperazine rings is 1. The van der Waals surface area contributed by atoms with E-state index >= 15 is 0 Å². The lowest BCUT2D eigenvalue weighted by Gasteiger charge is -2.35. The van der Waals surface area contributed by atoms with E-state index in [0.29, 0.717) is 12.0 Å². The Labute approximate surface area is 221 Å². The number of anilines is 1. The molecule has 188 valence electrons. The van der Waals surface area contributed by atoms with Crippen molar-refractivity contribution in [1.82, 2.24) is 30.0 Å². The zero-order chi connectivity index (χ0) is 25.7. The van der Waals surface area contributed by atoms with Crippen molar-refractivity contribution in [1.29, 1.82) is 0 Å². The Morgan fingerprint density at radius 3 is 2.37 bits per heavy atom. The van der Waals surface area contributed by atoms with Crippen molar-refractivity contribution in [2.45, 2.75) is 13.0 Å². The maximum absolute atomic E-state index is 12.5. The zero-order valence-corrected chi connectivity index (χ0v) is 20.9. The zero-order valence-electron chi connectivity index (χ0n) is 20.9. The quantitative estimate of drug-likeness (QED) is 0.306. The van der Waals surface area contributed by atoms with E-state index in [0.717, 1.165) is 66.3 Å². The van der Waals surface area contributed by atoms with Gasteiger partial charge in [0.1, 0.15) is 5.82 Å². The minimum absolute atomic E-state index is 0.0269. The van der Waals surface area contributed by atoms with Gasteiger partial charge in [0.15, 0.2) is 5.78 Å². The number of fused-ring (bicyclic) bond motifs is 1. The number of benzene rings is 2. The van der Waals surface area contributed by atoms with Crippen LogP contribution in [0, 0.1) is 0 Å². The van der Waals surface area contributed by atoms with Gasteiger partial charge in [0.05, 0.1) is 29.6 Å². The van der Waals surface area contributed by atoms with Gasteiger partial charge in [-0.25, -0.2) is 4.98 Å². The van der Waals surface area contributed by atoms with Crippen LogP contribution in [-0.4, -0.2) is 62.0 Å². The Hall–Kier alpha value is -4.56. The number of ketones is 1. The normalized spacial score (nSPS) is 14.1. The van der Waals surface area contributed by atoms with Crippen LogP contribution in [0.1, 0.15) is 21.5 Å². The number of pyridine rings is 1. The molecule has 8 heteroatoms. The van der Waals surface area contributed by atoms with E-state index in [1.807, 2.05) is 55.0 Å². The van der Waals surface area contributed by atoms with E-state index in [2.05, 4.69) is 48.2 Å². The van der Waals surface area contributed by atoms with Crippen LogP contribution in [0.15, 0.2) is 91.6 Å². The smallest absolute Gasteiger partial charge is 0.168 e. The highest BCUT2D eigenvalue weighted by Gasteiger charge is 2.19. The van der Waals surface area contributed by atoms with Crippen LogP contribution in [0.25, 0.3) is 22.2 Å². The summed E-state index contributed by atoms with van der Waals surface area (Å²) in [5, 5.41) is 7.52. The fourth-order valence-corrected chi connectivity index (χ4v) is 4.78. The largest absolute Gasteiger partial charge is 0.353 e. The molecule has 0 unspecified atom stereocenters. The molecule has 4 heterocycles. The Balaban J connectivity index is 1.13. The van der Waals surface area contributed by atoms with E-state index in [-0.39, 0.29) is 5.78 Å². The number of hydrogen-bond donors (Lipinski definition) is 0. The molecule has 3 aromatic heterocycles. The summed E-state index contributed by atoms with van der Waals surface area (Å²) in [7, 11) is 0. The summed E-state index contributed by atoms with van der Waals surface area (Å²) in [6.45, 7) is 4.69. The summed E-state index contributed by atoms with van der Waals surface area (Å²) in [5.41, 5.74) is 6.67. The molecule has 1 fully saturated rings. The first-order chi connectivity index (χ1) is 18.7. The van der Waals surface area contributed by atoms with Crippen molar-refractivity contribution in [2.75, 3.05) is 31.1 Å². The molecule has 1 aliphatic rings. The highest BCUT2D eigenvalue weighted by Crippen LogP contribution is 2.25. The number of carbonyl (C=O) groups excluding carboxylic acids is 1. The predicted molar refractivity (Wildman–Crippen MR) is 147 cm³/mol. The highest BCUT2D eigenvalue weighted by molar-refractivity contribution is 5.97. The maximum Gasteiger partial charge on any atom is 0.168 e. The monoisotopic (exact) mass is 501 g/mol. The molecule has 0 radical (unpaired) electrons. The van der Waals surface area contributed by atoms with E-state index in [9.17, 15) is 4.79 Å². The van der Waals surface area contributed by atoms with Crippen LogP contribution < -0.4 is 4.90 Å². The number of nitrogens with zero attached hydrogens (tertiary/aromatic N) is 7. The fraction of sp³-hybridized carbons (Fsp3) is 0.200. The first-order valence-corrected chi connectivity index (χ1v) is 12.7. The van der Waals surface area contributed by atoms with Crippen molar-refractivity contribution in [2.24, 2.45) is 0 Å². The second-order valence-electron chi connectivity index (χ2n) is 9.48. The van der Waals surface area contributed by atoms with Crippen LogP contribution in [0.4, 0.5) is 5.82 Å². The van der Waals surface area contributed by atoms with Crippen molar-refractivity contribution in [3.63, 3.8) is 0 Å². The molecular weight excluding hydrogens is 474 g/mol. The van der Waals surface area contributed by atoms with Crippen LogP contribution in [0.3, 0.4) is 0 Å². The minimum atomic E-state index is 0.0269. The molecule has 8 nitrogen and oxygen atoms in total. The number of hydrogen-bond acceptors (Lipinski definition) is 8. The summed E-state index contributed by atoms with van der Waals surface area (Å²) in [6, 6.07) is 20.1. The number of carbonyl (C=O) groups is 1. The van der Waals surface area contributed by atoms with Crippen molar-refractivity contribution < 1.29 is 4.79 Å². The Morgan fingerprint density at radius 1 is 0.763 bits per heavy atom. The minimum Gasteiger partial charge on any atom is -0.353 e. The Kier molecular flexibility index (Phi) is 6.78. The van der Waals surface area contributed by atoms with Gasteiger partial charge in [0.25, 0.3) is 0 Å². The van der Waals surface area contributed by atoms with Crippen molar-refractivity contribution >= 4 is 22.6 Å². The summed E-state index contributed by atoms with van der Waals surface area (Å²) < 4.78 is 0. The van der Waals surface area contributed by atoms with Gasteiger partial charge in [-0.3, -0.25) is 19.7 Å². The molecular formula is C30H27N7O. The molecule has 0 bridgehead atoms. The second kappa shape index (κ2) is 10.8.